The minimum Gasteiger partial charge on any atom is -0.392 e. The van der Waals surface area contributed by atoms with E-state index in [0.717, 1.165) is 4.99 Å². The molecule has 0 saturated carbocycles. The molecule has 0 aliphatic rings. The Morgan fingerprint density at radius 1 is 1.33 bits per heavy atom. The highest BCUT2D eigenvalue weighted by molar-refractivity contribution is 7.80. The van der Waals surface area contributed by atoms with Crippen molar-refractivity contribution in [1.82, 2.24) is 4.90 Å². The Hall–Kier alpha value is -0.670. The second kappa shape index (κ2) is 7.60. The van der Waals surface area contributed by atoms with Crippen LogP contribution in [-0.2, 0) is 0 Å². The van der Waals surface area contributed by atoms with Crippen molar-refractivity contribution in [3.8, 4) is 0 Å². The number of hydrogen-bond acceptors (Lipinski definition) is 2. The molecule has 0 bridgehead atoms. The van der Waals surface area contributed by atoms with Crippen LogP contribution < -0.4 is 0 Å². The van der Waals surface area contributed by atoms with Gasteiger partial charge in [-0.25, -0.2) is 0 Å². The molecule has 1 atom stereocenters. The van der Waals surface area contributed by atoms with Gasteiger partial charge in [-0.1, -0.05) is 38.2 Å². The van der Waals surface area contributed by atoms with Crippen LogP contribution in [0.3, 0.4) is 0 Å². The van der Waals surface area contributed by atoms with E-state index in [1.54, 1.807) is 12.2 Å². The van der Waals surface area contributed by atoms with E-state index in [0.29, 0.717) is 19.5 Å². The van der Waals surface area contributed by atoms with Crippen molar-refractivity contribution in [3.63, 3.8) is 0 Å². The molecule has 0 heterocycles. The van der Waals surface area contributed by atoms with E-state index in [9.17, 15) is 5.11 Å². The molecule has 0 unspecified atom stereocenters. The van der Waals surface area contributed by atoms with Crippen molar-refractivity contribution in [2.45, 2.75) is 26.4 Å². The highest BCUT2D eigenvalue weighted by Gasteiger charge is 2.15. The summed E-state index contributed by atoms with van der Waals surface area (Å²) in [5.74, 6) is 0.234. The van der Waals surface area contributed by atoms with E-state index < -0.39 is 0 Å². The molecule has 0 aromatic rings. The lowest BCUT2D eigenvalue weighted by Gasteiger charge is -2.25. The first-order chi connectivity index (χ1) is 7.02. The first kappa shape index (κ1) is 14.3. The lowest BCUT2D eigenvalue weighted by atomic mass is 10.0. The Bertz CT molecular complexity index is 216. The number of rotatable bonds is 7. The average Bonchev–Trinajstić information content (AvgIpc) is 2.17. The van der Waals surface area contributed by atoms with Crippen molar-refractivity contribution < 1.29 is 5.11 Å². The number of hydrogen-bond donors (Lipinski definition) is 1. The molecule has 1 N–H and O–H groups in total. The minimum absolute atomic E-state index is 0.234. The first-order valence-corrected chi connectivity index (χ1v) is 5.61. The summed E-state index contributed by atoms with van der Waals surface area (Å²) in [6.45, 7) is 12.7. The van der Waals surface area contributed by atoms with Gasteiger partial charge >= 0.3 is 0 Å². The third kappa shape index (κ3) is 5.70. The summed E-state index contributed by atoms with van der Waals surface area (Å²) in [6.07, 6.45) is 3.78. The maximum absolute atomic E-state index is 9.72. The maximum atomic E-state index is 9.72. The summed E-state index contributed by atoms with van der Waals surface area (Å²) in [5, 5.41) is 9.72. The SMILES string of the molecule is C=CCN(CC=C)C(=S)C[C@H](O)C(C)C. The molecule has 0 aromatic heterocycles. The summed E-state index contributed by atoms with van der Waals surface area (Å²) in [7, 11) is 0. The van der Waals surface area contributed by atoms with Crippen LogP contribution in [-0.4, -0.2) is 34.2 Å². The van der Waals surface area contributed by atoms with E-state index in [2.05, 4.69) is 13.2 Å². The van der Waals surface area contributed by atoms with E-state index in [4.69, 9.17) is 12.2 Å². The third-order valence-corrected chi connectivity index (χ3v) is 2.63. The molecular weight excluding hydrogens is 206 g/mol. The predicted molar refractivity (Wildman–Crippen MR) is 70.0 cm³/mol. The monoisotopic (exact) mass is 227 g/mol. The molecule has 0 aliphatic carbocycles. The van der Waals surface area contributed by atoms with Gasteiger partial charge in [-0.05, 0) is 5.92 Å². The Morgan fingerprint density at radius 3 is 2.13 bits per heavy atom. The number of aliphatic hydroxyl groups is 1. The average molecular weight is 227 g/mol. The molecule has 0 fully saturated rings. The normalized spacial score (nSPS) is 12.3. The van der Waals surface area contributed by atoms with Crippen molar-refractivity contribution in [3.05, 3.63) is 25.3 Å². The lowest BCUT2D eigenvalue weighted by Crippen LogP contribution is -2.33. The third-order valence-electron chi connectivity index (χ3n) is 2.20. The fourth-order valence-electron chi connectivity index (χ4n) is 1.13. The first-order valence-electron chi connectivity index (χ1n) is 5.20. The molecule has 0 saturated heterocycles. The zero-order valence-corrected chi connectivity index (χ0v) is 10.5. The molecule has 3 heteroatoms. The van der Waals surface area contributed by atoms with Crippen molar-refractivity contribution in [2.75, 3.05) is 13.1 Å². The highest BCUT2D eigenvalue weighted by atomic mass is 32.1. The van der Waals surface area contributed by atoms with Gasteiger partial charge in [-0.3, -0.25) is 0 Å². The highest BCUT2D eigenvalue weighted by Crippen LogP contribution is 2.09. The van der Waals surface area contributed by atoms with E-state index in [-0.39, 0.29) is 12.0 Å². The maximum Gasteiger partial charge on any atom is 0.0810 e. The van der Waals surface area contributed by atoms with Crippen LogP contribution in [0.4, 0.5) is 0 Å². The van der Waals surface area contributed by atoms with E-state index in [1.807, 2.05) is 18.7 Å². The smallest absolute Gasteiger partial charge is 0.0810 e. The number of thiocarbonyl (C=S) groups is 1. The summed E-state index contributed by atoms with van der Waals surface area (Å²) in [4.78, 5) is 2.76. The van der Waals surface area contributed by atoms with Gasteiger partial charge < -0.3 is 10.0 Å². The molecule has 0 spiro atoms. The van der Waals surface area contributed by atoms with Crippen LogP contribution >= 0.6 is 12.2 Å². The van der Waals surface area contributed by atoms with E-state index >= 15 is 0 Å². The number of nitrogens with zero attached hydrogens (tertiary/aromatic N) is 1. The quantitative estimate of drug-likeness (QED) is 0.533. The summed E-state index contributed by atoms with van der Waals surface area (Å²) in [6, 6.07) is 0. The molecule has 0 radical (unpaired) electrons. The zero-order valence-electron chi connectivity index (χ0n) is 9.65. The van der Waals surface area contributed by atoms with Crippen LogP contribution in [0.5, 0.6) is 0 Å². The van der Waals surface area contributed by atoms with Gasteiger partial charge in [0.05, 0.1) is 11.1 Å². The largest absolute Gasteiger partial charge is 0.392 e. The van der Waals surface area contributed by atoms with Gasteiger partial charge in [-0.2, -0.15) is 0 Å². The van der Waals surface area contributed by atoms with E-state index in [1.165, 1.54) is 0 Å². The van der Waals surface area contributed by atoms with Crippen LogP contribution in [0.2, 0.25) is 0 Å². The van der Waals surface area contributed by atoms with Gasteiger partial charge in [0, 0.05) is 19.5 Å². The van der Waals surface area contributed by atoms with Crippen LogP contribution in [0.25, 0.3) is 0 Å². The Balaban J connectivity index is 4.23. The molecule has 0 rings (SSSR count). The molecule has 0 amide bonds. The minimum atomic E-state index is -0.366. The topological polar surface area (TPSA) is 23.5 Å². The van der Waals surface area contributed by atoms with Gasteiger partial charge in [0.15, 0.2) is 0 Å². The van der Waals surface area contributed by atoms with Crippen LogP contribution in [0.15, 0.2) is 25.3 Å². The molecule has 15 heavy (non-hydrogen) atoms. The molecule has 0 aliphatic heterocycles. The second-order valence-electron chi connectivity index (χ2n) is 3.89. The summed E-state index contributed by atoms with van der Waals surface area (Å²) < 4.78 is 0. The number of aliphatic hydroxyl groups excluding tert-OH is 1. The van der Waals surface area contributed by atoms with Gasteiger partial charge in [-0.15, -0.1) is 13.2 Å². The predicted octanol–water partition coefficient (Wildman–Crippen LogP) is 2.39. The van der Waals surface area contributed by atoms with Gasteiger partial charge in [0.1, 0.15) is 0 Å². The molecule has 0 aromatic carbocycles. The summed E-state index contributed by atoms with van der Waals surface area (Å²) in [5.41, 5.74) is 0. The van der Waals surface area contributed by atoms with Gasteiger partial charge in [0.2, 0.25) is 0 Å². The Kier molecular flexibility index (Phi) is 7.26. The Labute approximate surface area is 98.3 Å². The lowest BCUT2D eigenvalue weighted by molar-refractivity contribution is 0.130. The molecular formula is C12H21NOS. The van der Waals surface area contributed by atoms with Gasteiger partial charge in [0.25, 0.3) is 0 Å². The summed E-state index contributed by atoms with van der Waals surface area (Å²) >= 11 is 5.27. The van der Waals surface area contributed by atoms with Crippen molar-refractivity contribution in [1.29, 1.82) is 0 Å². The van der Waals surface area contributed by atoms with Crippen LogP contribution in [0.1, 0.15) is 20.3 Å². The molecule has 2 nitrogen and oxygen atoms in total. The molecule has 86 valence electrons. The second-order valence-corrected chi connectivity index (χ2v) is 4.36. The van der Waals surface area contributed by atoms with Crippen molar-refractivity contribution >= 4 is 17.2 Å². The fourth-order valence-corrected chi connectivity index (χ4v) is 1.45. The Morgan fingerprint density at radius 2 is 1.80 bits per heavy atom. The van der Waals surface area contributed by atoms with Crippen LogP contribution in [0, 0.1) is 5.92 Å². The standard InChI is InChI=1S/C12H21NOS/c1-5-7-13(8-6-2)12(15)9-11(14)10(3)4/h5-6,10-11,14H,1-2,7-9H2,3-4H3/t11-/m0/s1. The zero-order chi connectivity index (χ0) is 11.8. The van der Waals surface area contributed by atoms with Crippen molar-refractivity contribution in [2.24, 2.45) is 5.92 Å². The fraction of sp³-hybridized carbons (Fsp3) is 0.583.